The lowest BCUT2D eigenvalue weighted by molar-refractivity contribution is -0.127. The lowest BCUT2D eigenvalue weighted by Gasteiger charge is -2.43. The molecule has 2 aliphatic rings. The van der Waals surface area contributed by atoms with E-state index in [1.54, 1.807) is 37.5 Å². The topological polar surface area (TPSA) is 79.0 Å². The first-order valence-electron chi connectivity index (χ1n) is 11.9. The van der Waals surface area contributed by atoms with Gasteiger partial charge in [0.25, 0.3) is 11.1 Å². The van der Waals surface area contributed by atoms with Crippen LogP contribution in [0.15, 0.2) is 47.4 Å². The van der Waals surface area contributed by atoms with Crippen LogP contribution >= 0.6 is 11.8 Å². The predicted octanol–water partition coefficient (Wildman–Crippen LogP) is 5.70. The van der Waals surface area contributed by atoms with Gasteiger partial charge in [0.2, 0.25) is 5.91 Å². The van der Waals surface area contributed by atoms with E-state index >= 15 is 0 Å². The molecule has 1 saturated heterocycles. The molecule has 188 valence electrons. The van der Waals surface area contributed by atoms with Crippen LogP contribution in [0.5, 0.6) is 5.75 Å². The van der Waals surface area contributed by atoms with Gasteiger partial charge in [-0.2, -0.15) is 0 Å². The van der Waals surface area contributed by atoms with Gasteiger partial charge in [-0.05, 0) is 106 Å². The number of amides is 3. The average Bonchev–Trinajstić information content (AvgIpc) is 3.07. The minimum atomic E-state index is -0.462. The second kappa shape index (κ2) is 9.85. The molecule has 2 aliphatic heterocycles. The van der Waals surface area contributed by atoms with Gasteiger partial charge in [0.1, 0.15) is 12.3 Å². The number of benzene rings is 2. The molecule has 0 aromatic heterocycles. The molecule has 0 aliphatic carbocycles. The van der Waals surface area contributed by atoms with Crippen LogP contribution < -0.4 is 15.0 Å². The zero-order valence-corrected chi connectivity index (χ0v) is 22.3. The van der Waals surface area contributed by atoms with Crippen molar-refractivity contribution in [1.29, 1.82) is 0 Å². The van der Waals surface area contributed by atoms with Crippen molar-refractivity contribution in [3.63, 3.8) is 0 Å². The van der Waals surface area contributed by atoms with E-state index in [4.69, 9.17) is 4.74 Å². The Morgan fingerprint density at radius 2 is 1.83 bits per heavy atom. The second-order valence-electron chi connectivity index (χ2n) is 9.50. The third-order valence-corrected chi connectivity index (χ3v) is 7.42. The molecule has 4 rings (SSSR count). The number of allylic oxidation sites excluding steroid dienone is 1. The summed E-state index contributed by atoms with van der Waals surface area (Å²) in [6.45, 7) is 11.2. The molecule has 0 spiro atoms. The number of anilines is 2. The Morgan fingerprint density at radius 3 is 2.47 bits per heavy atom. The maximum Gasteiger partial charge on any atom is 0.294 e. The minimum absolute atomic E-state index is 0.0885. The first kappa shape index (κ1) is 25.6. The van der Waals surface area contributed by atoms with Crippen molar-refractivity contribution in [1.82, 2.24) is 4.90 Å². The number of aryl methyl sites for hydroxylation is 1. The molecule has 0 radical (unpaired) electrons. The highest BCUT2D eigenvalue weighted by atomic mass is 32.2. The number of imide groups is 1. The van der Waals surface area contributed by atoms with Crippen molar-refractivity contribution in [2.75, 3.05) is 30.4 Å². The van der Waals surface area contributed by atoms with Crippen molar-refractivity contribution < 1.29 is 19.1 Å². The Bertz CT molecular complexity index is 1290. The number of likely N-dealkylation sites (N-methyl/N-ethyl adjacent to an activating group) is 1. The van der Waals surface area contributed by atoms with Gasteiger partial charge in [0.15, 0.2) is 0 Å². The summed E-state index contributed by atoms with van der Waals surface area (Å²) in [5, 5.41) is 2.25. The number of hydrogen-bond acceptors (Lipinski definition) is 6. The third-order valence-electron chi connectivity index (χ3n) is 6.52. The Hall–Kier alpha value is -3.52. The molecule has 0 unspecified atom stereocenters. The SMILES string of the molecule is CCN1c2cc(C)c(/C=C3/SC(=O)N(CC(=O)Nc4ccc(OC)cc4)C3=O)cc2C(C)=CC1(C)C. The number of carbonyl (C=O) groups excluding carboxylic acids is 3. The van der Waals surface area contributed by atoms with Gasteiger partial charge < -0.3 is 15.0 Å². The summed E-state index contributed by atoms with van der Waals surface area (Å²) >= 11 is 0.859. The van der Waals surface area contributed by atoms with Gasteiger partial charge in [0, 0.05) is 23.5 Å². The van der Waals surface area contributed by atoms with Crippen molar-refractivity contribution in [3.05, 3.63) is 64.1 Å². The molecule has 0 bridgehead atoms. The fraction of sp³-hybridized carbons (Fsp3) is 0.321. The molecular weight excluding hydrogens is 474 g/mol. The van der Waals surface area contributed by atoms with Crippen molar-refractivity contribution >= 4 is 51.8 Å². The van der Waals surface area contributed by atoms with Crippen LogP contribution in [-0.2, 0) is 9.59 Å². The van der Waals surface area contributed by atoms with Gasteiger partial charge in [-0.15, -0.1) is 0 Å². The van der Waals surface area contributed by atoms with E-state index in [-0.39, 0.29) is 12.1 Å². The second-order valence-corrected chi connectivity index (χ2v) is 10.5. The Balaban J connectivity index is 1.54. The van der Waals surface area contributed by atoms with Crippen molar-refractivity contribution in [3.8, 4) is 5.75 Å². The van der Waals surface area contributed by atoms with Crippen LogP contribution in [0.2, 0.25) is 0 Å². The summed E-state index contributed by atoms with van der Waals surface area (Å²) in [5.41, 5.74) is 5.83. The zero-order chi connectivity index (χ0) is 26.2. The summed E-state index contributed by atoms with van der Waals surface area (Å²) in [5.74, 6) is -0.245. The van der Waals surface area contributed by atoms with Gasteiger partial charge in [0.05, 0.1) is 17.6 Å². The normalized spacial score (nSPS) is 17.8. The van der Waals surface area contributed by atoms with E-state index in [0.717, 1.165) is 39.9 Å². The Morgan fingerprint density at radius 1 is 1.14 bits per heavy atom. The number of carbonyl (C=O) groups is 3. The first-order valence-corrected chi connectivity index (χ1v) is 12.7. The molecule has 3 amide bonds. The molecule has 1 fully saturated rings. The number of nitrogens with one attached hydrogen (secondary N) is 1. The van der Waals surface area contributed by atoms with Crippen LogP contribution in [0, 0.1) is 6.92 Å². The van der Waals surface area contributed by atoms with Gasteiger partial charge in [-0.1, -0.05) is 6.08 Å². The van der Waals surface area contributed by atoms with Gasteiger partial charge in [-0.3, -0.25) is 19.3 Å². The van der Waals surface area contributed by atoms with E-state index in [1.165, 1.54) is 11.3 Å². The summed E-state index contributed by atoms with van der Waals surface area (Å²) in [6, 6.07) is 11.1. The quantitative estimate of drug-likeness (QED) is 0.508. The fourth-order valence-corrected chi connectivity index (χ4v) is 5.60. The molecule has 36 heavy (non-hydrogen) atoms. The molecule has 2 aromatic carbocycles. The highest BCUT2D eigenvalue weighted by Gasteiger charge is 2.37. The third kappa shape index (κ3) is 4.91. The molecule has 2 aromatic rings. The number of hydrogen-bond donors (Lipinski definition) is 1. The van der Waals surface area contributed by atoms with E-state index in [1.807, 2.05) is 6.92 Å². The molecule has 8 heteroatoms. The minimum Gasteiger partial charge on any atom is -0.497 e. The highest BCUT2D eigenvalue weighted by molar-refractivity contribution is 8.18. The summed E-state index contributed by atoms with van der Waals surface area (Å²) in [7, 11) is 1.56. The number of rotatable bonds is 6. The Labute approximate surface area is 216 Å². The smallest absolute Gasteiger partial charge is 0.294 e. The average molecular weight is 506 g/mol. The summed E-state index contributed by atoms with van der Waals surface area (Å²) in [6.07, 6.45) is 4.01. The highest BCUT2D eigenvalue weighted by Crippen LogP contribution is 2.41. The van der Waals surface area contributed by atoms with Crippen LogP contribution in [0.1, 0.15) is 44.4 Å². The van der Waals surface area contributed by atoms with Crippen LogP contribution in [-0.4, -0.2) is 47.7 Å². The summed E-state index contributed by atoms with van der Waals surface area (Å²) < 4.78 is 5.11. The fourth-order valence-electron chi connectivity index (χ4n) is 4.77. The first-order chi connectivity index (χ1) is 17.0. The van der Waals surface area contributed by atoms with E-state index in [2.05, 4.69) is 56.1 Å². The van der Waals surface area contributed by atoms with Crippen molar-refractivity contribution in [2.45, 2.75) is 40.2 Å². The van der Waals surface area contributed by atoms with E-state index in [0.29, 0.717) is 16.3 Å². The van der Waals surface area contributed by atoms with Crippen LogP contribution in [0.3, 0.4) is 0 Å². The van der Waals surface area contributed by atoms with Crippen molar-refractivity contribution in [2.24, 2.45) is 0 Å². The number of thioether (sulfide) groups is 1. The maximum atomic E-state index is 13.0. The van der Waals surface area contributed by atoms with Crippen LogP contribution in [0.4, 0.5) is 16.2 Å². The number of methoxy groups -OCH3 is 1. The van der Waals surface area contributed by atoms with E-state index < -0.39 is 17.1 Å². The summed E-state index contributed by atoms with van der Waals surface area (Å²) in [4.78, 5) is 41.8. The molecule has 7 nitrogen and oxygen atoms in total. The zero-order valence-electron chi connectivity index (χ0n) is 21.5. The molecule has 1 N–H and O–H groups in total. The van der Waals surface area contributed by atoms with Gasteiger partial charge >= 0.3 is 0 Å². The maximum absolute atomic E-state index is 13.0. The van der Waals surface area contributed by atoms with Gasteiger partial charge in [-0.25, -0.2) is 0 Å². The predicted molar refractivity (Wildman–Crippen MR) is 146 cm³/mol. The molecular formula is C28H31N3O4S. The number of ether oxygens (including phenoxy) is 1. The van der Waals surface area contributed by atoms with E-state index in [9.17, 15) is 14.4 Å². The largest absolute Gasteiger partial charge is 0.497 e. The number of nitrogens with zero attached hydrogens (tertiary/aromatic N) is 2. The Kier molecular flexibility index (Phi) is 7.00. The molecule has 2 heterocycles. The standard InChI is InChI=1S/C28H31N3O4S/c1-7-31-23-12-17(2)19(13-22(23)18(3)15-28(31,4)5)14-24-26(33)30(27(34)36-24)16-25(32)29-20-8-10-21(35-6)11-9-20/h8-15H,7,16H2,1-6H3,(H,29,32)/b24-14+. The monoisotopic (exact) mass is 505 g/mol. The lowest BCUT2D eigenvalue weighted by Crippen LogP contribution is -2.44. The molecule has 0 atom stereocenters. The van der Waals surface area contributed by atoms with Crippen LogP contribution in [0.25, 0.3) is 11.6 Å². The molecule has 0 saturated carbocycles. The number of fused-ring (bicyclic) bond motifs is 1. The lowest BCUT2D eigenvalue weighted by atomic mass is 9.87.